The van der Waals surface area contributed by atoms with Gasteiger partial charge in [-0.3, -0.25) is 4.90 Å². The largest absolute Gasteiger partial charge is 0.326 e. The average Bonchev–Trinajstić information content (AvgIpc) is 2.64. The van der Waals surface area contributed by atoms with Crippen LogP contribution in [0.1, 0.15) is 31.9 Å². The standard InChI is InChI=1S/C13H18BrClN2/c1-8(2)17-6-5-12(16)13(17)9-3-4-11(15)10(14)7-9/h3-4,7-8,12-13H,5-6,16H2,1-2H3. The van der Waals surface area contributed by atoms with Crippen molar-refractivity contribution in [2.75, 3.05) is 6.54 Å². The molecule has 0 spiro atoms. The van der Waals surface area contributed by atoms with Crippen LogP contribution in [0.4, 0.5) is 0 Å². The summed E-state index contributed by atoms with van der Waals surface area (Å²) in [6.07, 6.45) is 1.06. The number of nitrogens with zero attached hydrogens (tertiary/aromatic N) is 1. The van der Waals surface area contributed by atoms with Crippen LogP contribution in [0, 0.1) is 0 Å². The van der Waals surface area contributed by atoms with Gasteiger partial charge in [0.05, 0.1) is 11.1 Å². The minimum atomic E-state index is 0.213. The number of halogens is 2. The Balaban J connectivity index is 2.33. The molecule has 0 amide bonds. The third-order valence-corrected chi connectivity index (χ3v) is 4.65. The van der Waals surface area contributed by atoms with E-state index in [1.807, 2.05) is 6.07 Å². The van der Waals surface area contributed by atoms with Crippen LogP contribution >= 0.6 is 27.5 Å². The van der Waals surface area contributed by atoms with Gasteiger partial charge in [-0.05, 0) is 53.9 Å². The highest BCUT2D eigenvalue weighted by Gasteiger charge is 2.34. The Kier molecular flexibility index (Phi) is 4.14. The second-order valence-electron chi connectivity index (χ2n) is 4.90. The number of benzene rings is 1. The molecule has 2 unspecified atom stereocenters. The minimum absolute atomic E-state index is 0.213. The first-order valence-corrected chi connectivity index (χ1v) is 7.14. The summed E-state index contributed by atoms with van der Waals surface area (Å²) in [6, 6.07) is 7.15. The first-order chi connectivity index (χ1) is 8.00. The molecule has 94 valence electrons. The molecule has 1 fully saturated rings. The van der Waals surface area contributed by atoms with E-state index in [2.05, 4.69) is 46.8 Å². The Morgan fingerprint density at radius 1 is 1.47 bits per heavy atom. The van der Waals surface area contributed by atoms with E-state index in [9.17, 15) is 0 Å². The zero-order chi connectivity index (χ0) is 12.6. The minimum Gasteiger partial charge on any atom is -0.326 e. The monoisotopic (exact) mass is 316 g/mol. The zero-order valence-electron chi connectivity index (χ0n) is 10.2. The maximum Gasteiger partial charge on any atom is 0.0548 e. The lowest BCUT2D eigenvalue weighted by atomic mass is 10.0. The summed E-state index contributed by atoms with van der Waals surface area (Å²) in [5, 5.41) is 0.747. The molecule has 0 saturated carbocycles. The molecule has 1 aliphatic heterocycles. The lowest BCUT2D eigenvalue weighted by molar-refractivity contribution is 0.198. The highest BCUT2D eigenvalue weighted by atomic mass is 79.9. The highest BCUT2D eigenvalue weighted by molar-refractivity contribution is 9.10. The maximum atomic E-state index is 6.24. The SMILES string of the molecule is CC(C)N1CCC(N)C1c1ccc(Cl)c(Br)c1. The molecule has 4 heteroatoms. The van der Waals surface area contributed by atoms with Crippen LogP contribution in [0.25, 0.3) is 0 Å². The number of nitrogens with two attached hydrogens (primary N) is 1. The molecule has 0 radical (unpaired) electrons. The van der Waals surface area contributed by atoms with Crippen molar-refractivity contribution in [3.63, 3.8) is 0 Å². The molecular weight excluding hydrogens is 300 g/mol. The number of rotatable bonds is 2. The molecule has 0 aromatic heterocycles. The topological polar surface area (TPSA) is 29.3 Å². The molecule has 17 heavy (non-hydrogen) atoms. The Bertz CT molecular complexity index is 408. The van der Waals surface area contributed by atoms with Gasteiger partial charge < -0.3 is 5.73 Å². The predicted octanol–water partition coefficient (Wildman–Crippen LogP) is 3.59. The first-order valence-electron chi connectivity index (χ1n) is 5.97. The van der Waals surface area contributed by atoms with Gasteiger partial charge in [-0.15, -0.1) is 0 Å². The Labute approximate surface area is 116 Å². The van der Waals surface area contributed by atoms with Crippen molar-refractivity contribution < 1.29 is 0 Å². The van der Waals surface area contributed by atoms with Gasteiger partial charge in [0.25, 0.3) is 0 Å². The lowest BCUT2D eigenvalue weighted by Crippen LogP contribution is -2.35. The quantitative estimate of drug-likeness (QED) is 0.903. The van der Waals surface area contributed by atoms with Gasteiger partial charge in [-0.1, -0.05) is 17.7 Å². The van der Waals surface area contributed by atoms with E-state index in [0.29, 0.717) is 12.1 Å². The molecule has 0 aliphatic carbocycles. The van der Waals surface area contributed by atoms with Crippen molar-refractivity contribution in [2.24, 2.45) is 5.73 Å². The van der Waals surface area contributed by atoms with Crippen LogP contribution in [0.3, 0.4) is 0 Å². The predicted molar refractivity (Wildman–Crippen MR) is 76.3 cm³/mol. The van der Waals surface area contributed by atoms with E-state index in [0.717, 1.165) is 22.5 Å². The summed E-state index contributed by atoms with van der Waals surface area (Å²) in [7, 11) is 0. The molecule has 1 aliphatic rings. The summed E-state index contributed by atoms with van der Waals surface area (Å²) < 4.78 is 0.944. The van der Waals surface area contributed by atoms with E-state index < -0.39 is 0 Å². The summed E-state index contributed by atoms with van der Waals surface area (Å²) in [5.74, 6) is 0. The molecule has 1 heterocycles. The molecule has 1 aromatic rings. The molecule has 1 saturated heterocycles. The summed E-state index contributed by atoms with van der Waals surface area (Å²) >= 11 is 9.51. The first kappa shape index (κ1) is 13.3. The average molecular weight is 318 g/mol. The molecule has 2 nitrogen and oxygen atoms in total. The van der Waals surface area contributed by atoms with E-state index >= 15 is 0 Å². The lowest BCUT2D eigenvalue weighted by Gasteiger charge is -2.30. The summed E-state index contributed by atoms with van der Waals surface area (Å²) in [6.45, 7) is 5.51. The van der Waals surface area contributed by atoms with Crippen LogP contribution in [0.5, 0.6) is 0 Å². The Morgan fingerprint density at radius 3 is 2.76 bits per heavy atom. The zero-order valence-corrected chi connectivity index (χ0v) is 12.5. The third kappa shape index (κ3) is 2.68. The van der Waals surface area contributed by atoms with Gasteiger partial charge in [-0.2, -0.15) is 0 Å². The van der Waals surface area contributed by atoms with Crippen molar-refractivity contribution in [3.05, 3.63) is 33.3 Å². The van der Waals surface area contributed by atoms with Crippen molar-refractivity contribution in [1.82, 2.24) is 4.90 Å². The Hall–Kier alpha value is -0.0900. The van der Waals surface area contributed by atoms with E-state index in [-0.39, 0.29) is 6.04 Å². The second-order valence-corrected chi connectivity index (χ2v) is 6.16. The molecule has 2 N–H and O–H groups in total. The van der Waals surface area contributed by atoms with Crippen LogP contribution in [0.2, 0.25) is 5.02 Å². The van der Waals surface area contributed by atoms with Crippen LogP contribution in [0.15, 0.2) is 22.7 Å². The van der Waals surface area contributed by atoms with E-state index in [4.69, 9.17) is 17.3 Å². The Morgan fingerprint density at radius 2 is 2.18 bits per heavy atom. The van der Waals surface area contributed by atoms with E-state index in [1.165, 1.54) is 5.56 Å². The van der Waals surface area contributed by atoms with Crippen LogP contribution in [-0.2, 0) is 0 Å². The normalized spacial score (nSPS) is 25.8. The van der Waals surface area contributed by atoms with Crippen molar-refractivity contribution >= 4 is 27.5 Å². The fourth-order valence-electron chi connectivity index (χ4n) is 2.56. The molecular formula is C13H18BrClN2. The third-order valence-electron chi connectivity index (χ3n) is 3.43. The number of hydrogen-bond acceptors (Lipinski definition) is 2. The fourth-order valence-corrected chi connectivity index (χ4v) is 3.07. The number of likely N-dealkylation sites (tertiary alicyclic amines) is 1. The second kappa shape index (κ2) is 5.27. The van der Waals surface area contributed by atoms with Gasteiger partial charge >= 0.3 is 0 Å². The van der Waals surface area contributed by atoms with Gasteiger partial charge in [0.15, 0.2) is 0 Å². The molecule has 2 rings (SSSR count). The van der Waals surface area contributed by atoms with Gasteiger partial charge in [0, 0.05) is 23.1 Å². The fraction of sp³-hybridized carbons (Fsp3) is 0.538. The highest BCUT2D eigenvalue weighted by Crippen LogP contribution is 2.35. The molecule has 1 aromatic carbocycles. The van der Waals surface area contributed by atoms with Crippen LogP contribution < -0.4 is 5.73 Å². The summed E-state index contributed by atoms with van der Waals surface area (Å²) in [5.41, 5.74) is 7.49. The van der Waals surface area contributed by atoms with Crippen molar-refractivity contribution in [2.45, 2.75) is 38.4 Å². The smallest absolute Gasteiger partial charge is 0.0548 e. The van der Waals surface area contributed by atoms with Gasteiger partial charge in [0.2, 0.25) is 0 Å². The summed E-state index contributed by atoms with van der Waals surface area (Å²) in [4.78, 5) is 2.46. The van der Waals surface area contributed by atoms with Gasteiger partial charge in [0.1, 0.15) is 0 Å². The molecule has 0 bridgehead atoms. The van der Waals surface area contributed by atoms with Crippen LogP contribution in [-0.4, -0.2) is 23.5 Å². The maximum absolute atomic E-state index is 6.24. The number of hydrogen-bond donors (Lipinski definition) is 1. The van der Waals surface area contributed by atoms with Gasteiger partial charge in [-0.25, -0.2) is 0 Å². The molecule has 2 atom stereocenters. The van der Waals surface area contributed by atoms with E-state index in [1.54, 1.807) is 0 Å². The van der Waals surface area contributed by atoms with Crippen molar-refractivity contribution in [1.29, 1.82) is 0 Å². The van der Waals surface area contributed by atoms with Crippen molar-refractivity contribution in [3.8, 4) is 0 Å².